The first kappa shape index (κ1) is 17.4. The van der Waals surface area contributed by atoms with Crippen molar-refractivity contribution in [3.05, 3.63) is 41.4 Å². The third-order valence-electron chi connectivity index (χ3n) is 4.39. The van der Waals surface area contributed by atoms with Crippen molar-refractivity contribution in [2.24, 2.45) is 0 Å². The first-order chi connectivity index (χ1) is 12.0. The zero-order valence-electron chi connectivity index (χ0n) is 14.4. The van der Waals surface area contributed by atoms with E-state index in [0.717, 1.165) is 25.9 Å². The number of nitrogens with zero attached hydrogens (tertiary/aromatic N) is 3. The number of rotatable bonds is 4. The molecule has 1 saturated heterocycles. The van der Waals surface area contributed by atoms with E-state index in [1.807, 2.05) is 25.2 Å². The van der Waals surface area contributed by atoms with E-state index in [2.05, 4.69) is 27.3 Å². The maximum Gasteiger partial charge on any atom is 0.273 e. The van der Waals surface area contributed by atoms with E-state index in [9.17, 15) is 9.59 Å². The number of carbonyl (C=O) groups excluding carboxylic acids is 2. The van der Waals surface area contributed by atoms with Gasteiger partial charge in [0.15, 0.2) is 5.13 Å². The number of benzene rings is 1. The quantitative estimate of drug-likeness (QED) is 0.913. The molecule has 1 fully saturated rings. The number of hydrogen-bond donors (Lipinski definition) is 1. The first-order valence-corrected chi connectivity index (χ1v) is 9.23. The van der Waals surface area contributed by atoms with Crippen molar-refractivity contribution in [1.29, 1.82) is 0 Å². The molecule has 132 valence electrons. The van der Waals surface area contributed by atoms with Crippen LogP contribution in [0.1, 0.15) is 30.3 Å². The van der Waals surface area contributed by atoms with Crippen LogP contribution in [0.3, 0.4) is 0 Å². The molecule has 0 spiro atoms. The molecule has 0 saturated carbocycles. The fourth-order valence-corrected chi connectivity index (χ4v) is 3.80. The summed E-state index contributed by atoms with van der Waals surface area (Å²) in [5.41, 5.74) is 1.57. The molecule has 2 amide bonds. The summed E-state index contributed by atoms with van der Waals surface area (Å²) in [4.78, 5) is 32.1. The van der Waals surface area contributed by atoms with Gasteiger partial charge in [-0.25, -0.2) is 4.98 Å². The molecule has 0 aliphatic carbocycles. The minimum atomic E-state index is -0.188. The number of carbonyl (C=O) groups is 2. The zero-order valence-corrected chi connectivity index (χ0v) is 15.3. The van der Waals surface area contributed by atoms with Gasteiger partial charge in [-0.15, -0.1) is 11.3 Å². The minimum Gasteiger partial charge on any atom is -0.369 e. The Bertz CT molecular complexity index is 747. The molecule has 1 aromatic heterocycles. The van der Waals surface area contributed by atoms with Gasteiger partial charge in [0.2, 0.25) is 5.91 Å². The third kappa shape index (κ3) is 4.17. The fraction of sp³-hybridized carbons (Fsp3) is 0.389. The highest BCUT2D eigenvalue weighted by atomic mass is 32.1. The largest absolute Gasteiger partial charge is 0.369 e. The van der Waals surface area contributed by atoms with E-state index in [-0.39, 0.29) is 17.9 Å². The van der Waals surface area contributed by atoms with Gasteiger partial charge in [-0.1, -0.05) is 18.2 Å². The summed E-state index contributed by atoms with van der Waals surface area (Å²) in [6.07, 6.45) is 2.03. The molecule has 7 heteroatoms. The van der Waals surface area contributed by atoms with Crippen molar-refractivity contribution in [2.45, 2.75) is 25.8 Å². The predicted octanol–water partition coefficient (Wildman–Crippen LogP) is 2.84. The Morgan fingerprint density at radius 3 is 2.80 bits per heavy atom. The Morgan fingerprint density at radius 1 is 1.32 bits per heavy atom. The summed E-state index contributed by atoms with van der Waals surface area (Å²) < 4.78 is 0. The van der Waals surface area contributed by atoms with Crippen LogP contribution in [0.2, 0.25) is 0 Å². The smallest absolute Gasteiger partial charge is 0.273 e. The number of amides is 2. The molecule has 1 aromatic carbocycles. The Hall–Kier alpha value is -2.41. The highest BCUT2D eigenvalue weighted by Gasteiger charge is 2.28. The van der Waals surface area contributed by atoms with E-state index < -0.39 is 0 Å². The highest BCUT2D eigenvalue weighted by Crippen LogP contribution is 2.23. The van der Waals surface area contributed by atoms with Gasteiger partial charge in [-0.3, -0.25) is 9.59 Å². The number of anilines is 2. The highest BCUT2D eigenvalue weighted by molar-refractivity contribution is 7.14. The fourth-order valence-electron chi connectivity index (χ4n) is 3.07. The summed E-state index contributed by atoms with van der Waals surface area (Å²) in [6, 6.07) is 10.4. The molecule has 1 N–H and O–H groups in total. The van der Waals surface area contributed by atoms with Crippen molar-refractivity contribution in [3.8, 4) is 0 Å². The van der Waals surface area contributed by atoms with E-state index in [1.165, 1.54) is 23.9 Å². The number of hydrogen-bond acceptors (Lipinski definition) is 5. The summed E-state index contributed by atoms with van der Waals surface area (Å²) in [6.45, 7) is 3.25. The molecule has 0 radical (unpaired) electrons. The monoisotopic (exact) mass is 358 g/mol. The average molecular weight is 358 g/mol. The van der Waals surface area contributed by atoms with Crippen LogP contribution in [0.15, 0.2) is 35.7 Å². The molecule has 1 aliphatic rings. The molecule has 1 unspecified atom stereocenters. The van der Waals surface area contributed by atoms with Crippen molar-refractivity contribution in [1.82, 2.24) is 9.88 Å². The van der Waals surface area contributed by atoms with Crippen molar-refractivity contribution >= 4 is 34.0 Å². The number of aromatic nitrogens is 1. The standard InChI is InChI=1S/C18H22N4O2S/c1-13(23)19-18-20-16(12-25-18)17(24)21(2)15-9-6-10-22(11-15)14-7-4-3-5-8-14/h3-5,7-8,12,15H,6,9-11H2,1-2H3,(H,19,20,23). The number of piperidine rings is 1. The Kier molecular flexibility index (Phi) is 5.33. The topological polar surface area (TPSA) is 65.5 Å². The van der Waals surface area contributed by atoms with Crippen LogP contribution in [0.4, 0.5) is 10.8 Å². The third-order valence-corrected chi connectivity index (χ3v) is 5.15. The summed E-state index contributed by atoms with van der Waals surface area (Å²) in [7, 11) is 1.83. The normalized spacial score (nSPS) is 17.2. The van der Waals surface area contributed by atoms with E-state index in [0.29, 0.717) is 10.8 Å². The second kappa shape index (κ2) is 7.65. The maximum atomic E-state index is 12.7. The van der Waals surface area contributed by atoms with Crippen molar-refractivity contribution in [3.63, 3.8) is 0 Å². The molecule has 1 atom stereocenters. The second-order valence-electron chi connectivity index (χ2n) is 6.21. The maximum absolute atomic E-state index is 12.7. The van der Waals surface area contributed by atoms with Gasteiger partial charge >= 0.3 is 0 Å². The molecule has 1 aliphatic heterocycles. The lowest BCUT2D eigenvalue weighted by Crippen LogP contribution is -2.48. The van der Waals surface area contributed by atoms with E-state index in [1.54, 1.807) is 10.3 Å². The molecule has 6 nitrogen and oxygen atoms in total. The van der Waals surface area contributed by atoms with Gasteiger partial charge in [0, 0.05) is 44.2 Å². The summed E-state index contributed by atoms with van der Waals surface area (Å²) in [5, 5.41) is 4.77. The van der Waals surface area contributed by atoms with Crippen LogP contribution in [0.5, 0.6) is 0 Å². The van der Waals surface area contributed by atoms with E-state index in [4.69, 9.17) is 0 Å². The van der Waals surface area contributed by atoms with Crippen LogP contribution in [-0.4, -0.2) is 47.9 Å². The van der Waals surface area contributed by atoms with Gasteiger partial charge in [0.1, 0.15) is 5.69 Å². The van der Waals surface area contributed by atoms with Crippen LogP contribution < -0.4 is 10.2 Å². The van der Waals surface area contributed by atoms with Gasteiger partial charge in [0.25, 0.3) is 5.91 Å². The molecule has 0 bridgehead atoms. The summed E-state index contributed by atoms with van der Waals surface area (Å²) in [5.74, 6) is -0.291. The van der Waals surface area contributed by atoms with Gasteiger partial charge in [0.05, 0.1) is 0 Å². The molecular formula is C18H22N4O2S. The SMILES string of the molecule is CC(=O)Nc1nc(C(=O)N(C)C2CCCN(c3ccccc3)C2)cs1. The van der Waals surface area contributed by atoms with E-state index >= 15 is 0 Å². The Balaban J connectivity index is 1.67. The van der Waals surface area contributed by atoms with Crippen LogP contribution in [0, 0.1) is 0 Å². The number of thiazole rings is 1. The van der Waals surface area contributed by atoms with Crippen molar-refractivity contribution in [2.75, 3.05) is 30.4 Å². The first-order valence-electron chi connectivity index (χ1n) is 8.35. The number of likely N-dealkylation sites (N-methyl/N-ethyl adjacent to an activating group) is 1. The molecule has 3 rings (SSSR count). The zero-order chi connectivity index (χ0) is 17.8. The lowest BCUT2D eigenvalue weighted by atomic mass is 10.0. The van der Waals surface area contributed by atoms with Crippen molar-refractivity contribution < 1.29 is 9.59 Å². The Morgan fingerprint density at radius 2 is 2.08 bits per heavy atom. The van der Waals surface area contributed by atoms with Gasteiger partial charge in [-0.2, -0.15) is 0 Å². The van der Waals surface area contributed by atoms with Gasteiger partial charge in [-0.05, 0) is 25.0 Å². The molecule has 2 heterocycles. The minimum absolute atomic E-state index is 0.104. The van der Waals surface area contributed by atoms with Crippen LogP contribution in [-0.2, 0) is 4.79 Å². The predicted molar refractivity (Wildman–Crippen MR) is 100 cm³/mol. The van der Waals surface area contributed by atoms with Gasteiger partial charge < -0.3 is 15.1 Å². The molecular weight excluding hydrogens is 336 g/mol. The lowest BCUT2D eigenvalue weighted by Gasteiger charge is -2.38. The Labute approximate surface area is 151 Å². The number of para-hydroxylation sites is 1. The lowest BCUT2D eigenvalue weighted by molar-refractivity contribution is -0.114. The molecule has 25 heavy (non-hydrogen) atoms. The summed E-state index contributed by atoms with van der Waals surface area (Å²) >= 11 is 1.27. The number of nitrogens with one attached hydrogen (secondary N) is 1. The average Bonchev–Trinajstić information content (AvgIpc) is 3.09. The van der Waals surface area contributed by atoms with Crippen LogP contribution >= 0.6 is 11.3 Å². The van der Waals surface area contributed by atoms with Crippen LogP contribution in [0.25, 0.3) is 0 Å². The second-order valence-corrected chi connectivity index (χ2v) is 7.07. The molecule has 2 aromatic rings.